The van der Waals surface area contributed by atoms with Crippen molar-refractivity contribution in [3.8, 4) is 0 Å². The lowest BCUT2D eigenvalue weighted by atomic mass is 9.96. The van der Waals surface area contributed by atoms with Gasteiger partial charge in [-0.05, 0) is 201 Å². The first-order valence-electron chi connectivity index (χ1n) is 47.2. The van der Waals surface area contributed by atoms with Crippen LogP contribution in [-0.2, 0) is 84.8 Å². The molecule has 0 bridgehead atoms. The zero-order valence-electron chi connectivity index (χ0n) is 80.5. The van der Waals surface area contributed by atoms with Crippen LogP contribution in [0.3, 0.4) is 0 Å². The number of nitrogens with two attached hydrogens (primary N) is 8. The Kier molecular flexibility index (Phi) is 53.3. The van der Waals surface area contributed by atoms with Gasteiger partial charge in [0.2, 0.25) is 88.6 Å². The highest BCUT2D eigenvalue weighted by Gasteiger charge is 2.40. The van der Waals surface area contributed by atoms with E-state index in [4.69, 9.17) is 45.9 Å². The van der Waals surface area contributed by atoms with E-state index in [9.17, 15) is 57.5 Å². The average molecular weight is 1850 g/mol. The number of carbonyl (C=O) groups is 15. The molecular formula is C93H160N24O15. The number of unbranched alkanes of at least 4 members (excludes halogenated alkanes) is 4. The summed E-state index contributed by atoms with van der Waals surface area (Å²) in [5.74, 6) is -14.0. The highest BCUT2D eigenvalue weighted by Crippen LogP contribution is 2.22. The van der Waals surface area contributed by atoms with Gasteiger partial charge in [-0.3, -0.25) is 76.9 Å². The molecule has 0 radical (unpaired) electrons. The number of rotatable bonds is 65. The highest BCUT2D eigenvalue weighted by molar-refractivity contribution is 6.01. The summed E-state index contributed by atoms with van der Waals surface area (Å²) in [6.07, 6.45) is 6.49. The standard InChI is InChI=1S/C93H160N24O15/c1-16-58(14)77(92(132)108-68(39-30-44-102-93(100)101)81(121)104-59(15)79(119)115-75(56(10)11)91(131)114-71(47-54(6)7)85(125)107-67(38-25-29-43-97)84(124)116-76(57(12)13)90(130)109-69(78(99)118)45-52(2)3)117-89(129)72(48-55(8)9)112-83(123)65(36-23-27-41-95)105-87(127)73(49-60-31-18-17-19-32-60)113-86(126)70(46-53(4)5)111-82(122)66(37-24-28-42-96)106-88(128)74(110-80(120)63(98)34-22-26-40-94)50-61-51-103-64-35-21-20-33-62(61)64/h17-21,31-33,35,51-59,63,65-77,103H,16,22-30,34,36-50,94-98H2,1-15H3,(H2,99,118)(H,104,121)(H,105,127)(H,106,128)(H,107,125)(H,108,132)(H,109,130)(H,110,120)(H,111,122)(H,112,123)(H,113,126)(H,114,131)(H,115,119)(H,116,124)(H,117,129)(H4,100,101,102)/t58-,59-,63-,65-,66-,67-,68-,69-,70-,71-,72-,73-,74-,75-,76-,77-/m0/s1. The Balaban J connectivity index is 1.97. The van der Waals surface area contributed by atoms with Crippen LogP contribution in [0.2, 0.25) is 0 Å². The number of aromatic amines is 1. The Morgan fingerprint density at radius 2 is 0.659 bits per heavy atom. The number of amides is 15. The van der Waals surface area contributed by atoms with E-state index in [2.05, 4.69) is 84.4 Å². The number of aromatic nitrogens is 1. The summed E-state index contributed by atoms with van der Waals surface area (Å²) in [5.41, 5.74) is 48.8. The van der Waals surface area contributed by atoms with Crippen LogP contribution in [0.15, 0.2) is 65.8 Å². The molecule has 0 spiro atoms. The number of fused-ring (bicyclic) bond motifs is 1. The SMILES string of the molecule is CC[C@H](C)[C@H](NC(=O)[C@H](CC(C)C)NC(=O)[C@H](CCCCN)NC(=O)[C@H](Cc1ccccc1)NC(=O)[C@H](CC(C)C)NC(=O)[C@H](CCCCN)NC(=O)[C@H](Cc1c[nH]c2ccccc12)NC(=O)[C@@H](N)CCCCN)C(=O)N[C@@H](CCCN=C(N)N)C(=O)N[C@@H](C)C(=O)N[C@H](C(=O)N[C@@H](CC(C)C)C(=O)N[C@@H](CCCCN)C(=O)N[C@H](C(=O)N[C@@H](CC(C)C)C(N)=O)C(C)C)C(C)C. The lowest BCUT2D eigenvalue weighted by molar-refractivity contribution is -0.137. The van der Waals surface area contributed by atoms with Crippen molar-refractivity contribution >= 4 is 105 Å². The van der Waals surface area contributed by atoms with E-state index in [0.717, 1.165) is 10.9 Å². The molecule has 0 aliphatic rings. The minimum atomic E-state index is -1.42. The van der Waals surface area contributed by atoms with Gasteiger partial charge in [-0.1, -0.05) is 158 Å². The van der Waals surface area contributed by atoms with Gasteiger partial charge in [0.25, 0.3) is 0 Å². The molecule has 1 aromatic heterocycles. The van der Waals surface area contributed by atoms with E-state index >= 15 is 14.4 Å². The molecule has 3 rings (SSSR count). The molecule has 3 aromatic rings. The first-order chi connectivity index (χ1) is 62.4. The van der Waals surface area contributed by atoms with Crippen LogP contribution in [0.5, 0.6) is 0 Å². The van der Waals surface area contributed by atoms with Gasteiger partial charge >= 0.3 is 0 Å². The van der Waals surface area contributed by atoms with Gasteiger partial charge in [-0.15, -0.1) is 0 Å². The number of nitrogens with one attached hydrogen (secondary N) is 15. The van der Waals surface area contributed by atoms with E-state index in [-0.39, 0.29) is 126 Å². The van der Waals surface area contributed by atoms with Crippen LogP contribution in [0.1, 0.15) is 237 Å². The molecule has 1 heterocycles. The Morgan fingerprint density at radius 1 is 0.333 bits per heavy atom. The number of H-pyrrole nitrogens is 1. The third-order valence-corrected chi connectivity index (χ3v) is 22.7. The normalized spacial score (nSPS) is 15.2. The largest absolute Gasteiger partial charge is 0.370 e. The van der Waals surface area contributed by atoms with Crippen LogP contribution < -0.4 is 120 Å². The number of para-hydroxylation sites is 1. The van der Waals surface area contributed by atoms with E-state index in [1.165, 1.54) is 6.92 Å². The summed E-state index contributed by atoms with van der Waals surface area (Å²) < 4.78 is 0. The number of aliphatic imine (C=N–C) groups is 1. The molecule has 0 aliphatic heterocycles. The third-order valence-electron chi connectivity index (χ3n) is 22.7. The molecule has 39 nitrogen and oxygen atoms in total. The van der Waals surface area contributed by atoms with Gasteiger partial charge in [0, 0.05) is 36.5 Å². The van der Waals surface area contributed by atoms with Crippen molar-refractivity contribution in [1.29, 1.82) is 0 Å². The Hall–Kier alpha value is -10.9. The summed E-state index contributed by atoms with van der Waals surface area (Å²) in [7, 11) is 0. The number of primary amides is 1. The topological polar surface area (TPSA) is 661 Å². The predicted molar refractivity (Wildman–Crippen MR) is 511 cm³/mol. The molecule has 31 N–H and O–H groups in total. The highest BCUT2D eigenvalue weighted by atomic mass is 16.2. The second-order valence-corrected chi connectivity index (χ2v) is 37.0. The summed E-state index contributed by atoms with van der Waals surface area (Å²) >= 11 is 0. The van der Waals surface area contributed by atoms with E-state index in [1.54, 1.807) is 78.1 Å². The van der Waals surface area contributed by atoms with Crippen molar-refractivity contribution in [3.63, 3.8) is 0 Å². The van der Waals surface area contributed by atoms with Crippen LogP contribution in [-0.4, -0.2) is 223 Å². The fourth-order valence-electron chi connectivity index (χ4n) is 14.9. The van der Waals surface area contributed by atoms with Gasteiger partial charge < -0.3 is 125 Å². The van der Waals surface area contributed by atoms with Crippen LogP contribution in [0, 0.1) is 41.4 Å². The van der Waals surface area contributed by atoms with Gasteiger partial charge in [0.1, 0.15) is 84.6 Å². The van der Waals surface area contributed by atoms with E-state index in [1.807, 2.05) is 79.7 Å². The molecule has 39 heteroatoms. The van der Waals surface area contributed by atoms with Gasteiger partial charge in [-0.25, -0.2) is 0 Å². The van der Waals surface area contributed by atoms with Crippen molar-refractivity contribution in [1.82, 2.24) is 79.4 Å². The molecule has 0 fully saturated rings. The van der Waals surface area contributed by atoms with Crippen molar-refractivity contribution in [2.24, 2.45) is 92.3 Å². The van der Waals surface area contributed by atoms with Crippen molar-refractivity contribution < 1.29 is 71.9 Å². The van der Waals surface area contributed by atoms with Crippen molar-refractivity contribution in [2.45, 2.75) is 329 Å². The Bertz CT molecular complexity index is 4160. The molecular weight excluding hydrogens is 1690 g/mol. The number of hydrogen-bond donors (Lipinski definition) is 23. The summed E-state index contributed by atoms with van der Waals surface area (Å²) in [4.78, 5) is 224. The van der Waals surface area contributed by atoms with Gasteiger partial charge in [-0.2, -0.15) is 0 Å². The first kappa shape index (κ1) is 115. The van der Waals surface area contributed by atoms with Crippen LogP contribution >= 0.6 is 0 Å². The summed E-state index contributed by atoms with van der Waals surface area (Å²) in [6.45, 7) is 27.3. The fourth-order valence-corrected chi connectivity index (χ4v) is 14.9. The van der Waals surface area contributed by atoms with Gasteiger partial charge in [0.05, 0.1) is 6.04 Å². The first-order valence-corrected chi connectivity index (χ1v) is 47.2. The van der Waals surface area contributed by atoms with Crippen molar-refractivity contribution in [2.75, 3.05) is 32.7 Å². The van der Waals surface area contributed by atoms with Gasteiger partial charge in [0.15, 0.2) is 5.96 Å². The Labute approximate surface area is 779 Å². The maximum atomic E-state index is 15.1. The number of nitrogens with zero attached hydrogens (tertiary/aromatic N) is 1. The second kappa shape index (κ2) is 61.0. The van der Waals surface area contributed by atoms with E-state index < -0.39 is 197 Å². The number of carbonyl (C=O) groups excluding carboxylic acids is 15. The Morgan fingerprint density at radius 3 is 1.09 bits per heavy atom. The second-order valence-electron chi connectivity index (χ2n) is 37.0. The zero-order valence-corrected chi connectivity index (χ0v) is 80.5. The zero-order chi connectivity index (χ0) is 99.0. The van der Waals surface area contributed by atoms with E-state index in [0.29, 0.717) is 81.9 Å². The minimum Gasteiger partial charge on any atom is -0.370 e. The maximum absolute atomic E-state index is 15.1. The van der Waals surface area contributed by atoms with Crippen LogP contribution in [0.4, 0.5) is 0 Å². The molecule has 16 atom stereocenters. The van der Waals surface area contributed by atoms with Crippen LogP contribution in [0.25, 0.3) is 10.9 Å². The molecule has 0 saturated heterocycles. The molecule has 132 heavy (non-hydrogen) atoms. The van der Waals surface area contributed by atoms with Crippen molar-refractivity contribution in [3.05, 3.63) is 71.9 Å². The fraction of sp³-hybridized carbons (Fsp3) is 0.677. The lowest BCUT2D eigenvalue weighted by Crippen LogP contribution is -2.62. The number of hydrogen-bond acceptors (Lipinski definition) is 21. The minimum absolute atomic E-state index is 0.00114. The lowest BCUT2D eigenvalue weighted by Gasteiger charge is -2.30. The molecule has 742 valence electrons. The molecule has 0 unspecified atom stereocenters. The molecule has 15 amide bonds. The third kappa shape index (κ3) is 42.3. The molecule has 0 aliphatic carbocycles. The average Bonchev–Trinajstić information content (AvgIpc) is 1.57. The predicted octanol–water partition coefficient (Wildman–Crippen LogP) is 0.685. The number of guanidine groups is 1. The molecule has 2 aromatic carbocycles. The monoisotopic (exact) mass is 1850 g/mol. The smallest absolute Gasteiger partial charge is 0.243 e. The summed E-state index contributed by atoms with van der Waals surface area (Å²) in [5, 5.41) is 39.8. The summed E-state index contributed by atoms with van der Waals surface area (Å²) in [6, 6.07) is -2.79. The molecule has 0 saturated carbocycles. The quantitative estimate of drug-likeness (QED) is 0.0210. The maximum Gasteiger partial charge on any atom is 0.243 e. The number of benzene rings is 2.